The lowest BCUT2D eigenvalue weighted by Crippen LogP contribution is -2.45. The first-order valence-electron chi connectivity index (χ1n) is 33.9. The molecule has 6 heteroatoms. The monoisotopic (exact) mass is 1070 g/mol. The third kappa shape index (κ3) is 61.0. The van der Waals surface area contributed by atoms with Gasteiger partial charge in [0, 0.05) is 12.8 Å². The number of aliphatic hydroxyl groups is 2. The zero-order valence-electron chi connectivity index (χ0n) is 51.0. The number of amides is 1. The van der Waals surface area contributed by atoms with Crippen LogP contribution in [0.4, 0.5) is 0 Å². The standard InChI is InChI=1S/C70H131NO5/c1-3-5-7-9-11-13-15-17-19-21-32-36-40-44-48-52-56-60-64-70(75)76-65-61-57-53-49-45-41-37-33-30-28-26-24-22-23-25-27-29-31-35-39-43-47-51-55-59-63-69(74)71-67(66-72)68(73)62-58-54-50-46-42-38-34-20-18-16-14-12-10-8-6-4-2/h13,15,19,21,23,25,58,62,67-68,72-73H,3-12,14,16-18,20,22,24,26-57,59-61,63-66H2,1-2H3,(H,71,74)/b15-13-,21-19-,25-23-,62-58+. The number of unbranched alkanes of at least 4 members (excludes halogenated alkanes) is 46. The molecule has 0 aliphatic carbocycles. The Balaban J connectivity index is 3.41. The highest BCUT2D eigenvalue weighted by Gasteiger charge is 2.18. The molecule has 2 atom stereocenters. The minimum atomic E-state index is -0.847. The van der Waals surface area contributed by atoms with Crippen LogP contribution in [0, 0.1) is 0 Å². The summed E-state index contributed by atoms with van der Waals surface area (Å²) in [6.45, 7) is 4.90. The molecule has 446 valence electrons. The molecule has 0 saturated carbocycles. The average Bonchev–Trinajstić information content (AvgIpc) is 3.42. The first-order valence-corrected chi connectivity index (χ1v) is 33.9. The van der Waals surface area contributed by atoms with Crippen LogP contribution in [0.5, 0.6) is 0 Å². The van der Waals surface area contributed by atoms with Crippen LogP contribution in [0.25, 0.3) is 0 Å². The van der Waals surface area contributed by atoms with E-state index >= 15 is 0 Å². The molecule has 0 spiro atoms. The Labute approximate surface area is 474 Å². The molecule has 0 aromatic rings. The van der Waals surface area contributed by atoms with E-state index < -0.39 is 12.1 Å². The van der Waals surface area contributed by atoms with E-state index in [1.54, 1.807) is 6.08 Å². The lowest BCUT2D eigenvalue weighted by Gasteiger charge is -2.20. The fourth-order valence-corrected chi connectivity index (χ4v) is 10.4. The first-order chi connectivity index (χ1) is 37.5. The van der Waals surface area contributed by atoms with Crippen LogP contribution in [0.2, 0.25) is 0 Å². The normalized spacial score (nSPS) is 12.8. The summed E-state index contributed by atoms with van der Waals surface area (Å²) < 4.78 is 5.50. The number of ether oxygens (including phenoxy) is 1. The van der Waals surface area contributed by atoms with Gasteiger partial charge >= 0.3 is 5.97 Å². The summed E-state index contributed by atoms with van der Waals surface area (Å²) in [6.07, 6.45) is 84.6. The van der Waals surface area contributed by atoms with Gasteiger partial charge in [-0.1, -0.05) is 306 Å². The van der Waals surface area contributed by atoms with Crippen molar-refractivity contribution in [3.63, 3.8) is 0 Å². The molecule has 3 N–H and O–H groups in total. The molecule has 0 fully saturated rings. The van der Waals surface area contributed by atoms with Crippen molar-refractivity contribution in [2.75, 3.05) is 13.2 Å². The van der Waals surface area contributed by atoms with Crippen LogP contribution >= 0.6 is 0 Å². The van der Waals surface area contributed by atoms with Gasteiger partial charge in [0.2, 0.25) is 5.91 Å². The fraction of sp³-hybridized carbons (Fsp3) is 0.857. The number of hydrogen-bond acceptors (Lipinski definition) is 5. The number of aliphatic hydroxyl groups excluding tert-OH is 2. The maximum absolute atomic E-state index is 12.5. The van der Waals surface area contributed by atoms with Crippen LogP contribution in [0.3, 0.4) is 0 Å². The number of allylic oxidation sites excluding steroid dienone is 7. The minimum absolute atomic E-state index is 0.00570. The molecule has 0 bridgehead atoms. The van der Waals surface area contributed by atoms with E-state index in [1.165, 1.54) is 283 Å². The van der Waals surface area contributed by atoms with Crippen LogP contribution in [-0.2, 0) is 14.3 Å². The van der Waals surface area contributed by atoms with Gasteiger partial charge in [0.05, 0.1) is 25.4 Å². The Morgan fingerprint density at radius 1 is 0.368 bits per heavy atom. The average molecular weight is 1070 g/mol. The van der Waals surface area contributed by atoms with Gasteiger partial charge in [-0.05, 0) is 89.9 Å². The second kappa shape index (κ2) is 65.3. The molecule has 6 nitrogen and oxygen atoms in total. The fourth-order valence-electron chi connectivity index (χ4n) is 10.4. The Morgan fingerprint density at radius 3 is 1.03 bits per heavy atom. The van der Waals surface area contributed by atoms with Gasteiger partial charge in [-0.3, -0.25) is 9.59 Å². The van der Waals surface area contributed by atoms with E-state index in [0.29, 0.717) is 19.4 Å². The molecule has 0 radical (unpaired) electrons. The van der Waals surface area contributed by atoms with Crippen LogP contribution < -0.4 is 5.32 Å². The zero-order valence-corrected chi connectivity index (χ0v) is 51.0. The molecule has 1 amide bonds. The summed E-state index contributed by atoms with van der Waals surface area (Å²) in [4.78, 5) is 24.6. The quantitative estimate of drug-likeness (QED) is 0.0320. The Bertz CT molecular complexity index is 1270. The molecule has 76 heavy (non-hydrogen) atoms. The van der Waals surface area contributed by atoms with Gasteiger partial charge < -0.3 is 20.3 Å². The molecule has 0 aliphatic rings. The lowest BCUT2D eigenvalue weighted by atomic mass is 10.0. The Morgan fingerprint density at radius 2 is 0.658 bits per heavy atom. The molecule has 0 aromatic carbocycles. The van der Waals surface area contributed by atoms with Gasteiger partial charge in [-0.15, -0.1) is 0 Å². The maximum atomic E-state index is 12.5. The van der Waals surface area contributed by atoms with Crippen molar-refractivity contribution >= 4 is 11.9 Å². The third-order valence-electron chi connectivity index (χ3n) is 15.6. The van der Waals surface area contributed by atoms with E-state index in [9.17, 15) is 19.8 Å². The summed E-state index contributed by atoms with van der Waals surface area (Å²) in [5.74, 6) is -0.0639. The van der Waals surface area contributed by atoms with Crippen molar-refractivity contribution in [2.45, 2.75) is 373 Å². The summed E-state index contributed by atoms with van der Waals surface area (Å²) in [6, 6.07) is -0.631. The molecule has 0 heterocycles. The zero-order chi connectivity index (χ0) is 55.0. The largest absolute Gasteiger partial charge is 0.466 e. The minimum Gasteiger partial charge on any atom is -0.466 e. The summed E-state index contributed by atoms with van der Waals surface area (Å²) in [5.41, 5.74) is 0. The predicted octanol–water partition coefficient (Wildman–Crippen LogP) is 21.7. The summed E-state index contributed by atoms with van der Waals surface area (Å²) in [7, 11) is 0. The SMILES string of the molecule is CCCCCC/C=C\C/C=C\CCCCCCCCCC(=O)OCCCCCCCCCCCCCC/C=C\CCCCCCCCCCCC(=O)NC(CO)C(O)/C=C/CCCCCCCCCCCCCCCC. The Hall–Kier alpha value is -2.18. The molecular formula is C70H131NO5. The lowest BCUT2D eigenvalue weighted by molar-refractivity contribution is -0.143. The van der Waals surface area contributed by atoms with Crippen LogP contribution in [0.15, 0.2) is 48.6 Å². The van der Waals surface area contributed by atoms with Gasteiger partial charge in [0.1, 0.15) is 0 Å². The molecular weight excluding hydrogens is 935 g/mol. The van der Waals surface area contributed by atoms with E-state index in [0.717, 1.165) is 51.4 Å². The second-order valence-corrected chi connectivity index (χ2v) is 23.1. The van der Waals surface area contributed by atoms with E-state index in [1.807, 2.05) is 6.08 Å². The van der Waals surface area contributed by atoms with Gasteiger partial charge in [0.15, 0.2) is 0 Å². The predicted molar refractivity (Wildman–Crippen MR) is 333 cm³/mol. The highest BCUT2D eigenvalue weighted by Crippen LogP contribution is 2.17. The first kappa shape index (κ1) is 73.8. The van der Waals surface area contributed by atoms with Crippen molar-refractivity contribution in [3.8, 4) is 0 Å². The summed E-state index contributed by atoms with van der Waals surface area (Å²) in [5, 5.41) is 23.2. The van der Waals surface area contributed by atoms with Crippen molar-refractivity contribution in [3.05, 3.63) is 48.6 Å². The highest BCUT2D eigenvalue weighted by atomic mass is 16.5. The van der Waals surface area contributed by atoms with Crippen molar-refractivity contribution in [2.24, 2.45) is 0 Å². The second-order valence-electron chi connectivity index (χ2n) is 23.1. The van der Waals surface area contributed by atoms with E-state index in [2.05, 4.69) is 55.6 Å². The van der Waals surface area contributed by atoms with Crippen LogP contribution in [0.1, 0.15) is 361 Å². The summed E-state index contributed by atoms with van der Waals surface area (Å²) >= 11 is 0. The van der Waals surface area contributed by atoms with Crippen molar-refractivity contribution in [1.82, 2.24) is 5.32 Å². The van der Waals surface area contributed by atoms with E-state index in [4.69, 9.17) is 4.74 Å². The smallest absolute Gasteiger partial charge is 0.305 e. The number of nitrogens with one attached hydrogen (secondary N) is 1. The number of esters is 1. The van der Waals surface area contributed by atoms with Crippen molar-refractivity contribution < 1.29 is 24.5 Å². The number of carbonyl (C=O) groups is 2. The number of carbonyl (C=O) groups excluding carboxylic acids is 2. The highest BCUT2D eigenvalue weighted by molar-refractivity contribution is 5.76. The van der Waals surface area contributed by atoms with Gasteiger partial charge in [0.25, 0.3) is 0 Å². The Kier molecular flexibility index (Phi) is 63.5. The van der Waals surface area contributed by atoms with Gasteiger partial charge in [-0.25, -0.2) is 0 Å². The number of hydrogen-bond donors (Lipinski definition) is 3. The maximum Gasteiger partial charge on any atom is 0.305 e. The third-order valence-corrected chi connectivity index (χ3v) is 15.6. The van der Waals surface area contributed by atoms with Crippen LogP contribution in [-0.4, -0.2) is 47.4 Å². The molecule has 0 saturated heterocycles. The van der Waals surface area contributed by atoms with E-state index in [-0.39, 0.29) is 18.5 Å². The van der Waals surface area contributed by atoms with Crippen molar-refractivity contribution in [1.29, 1.82) is 0 Å². The molecule has 0 aliphatic heterocycles. The molecule has 0 rings (SSSR count). The topological polar surface area (TPSA) is 95.9 Å². The molecule has 2 unspecified atom stereocenters. The molecule has 0 aromatic heterocycles. The van der Waals surface area contributed by atoms with Gasteiger partial charge in [-0.2, -0.15) is 0 Å². The number of rotatable bonds is 63.